The van der Waals surface area contributed by atoms with Crippen LogP contribution < -0.4 is 21.1 Å². The number of carbonyl (C=O) groups excluding carboxylic acids is 2. The molecule has 2 atom stereocenters. The van der Waals surface area contributed by atoms with Gasteiger partial charge in [0.15, 0.2) is 11.5 Å². The Kier molecular flexibility index (Phi) is 5.97. The fourth-order valence-electron chi connectivity index (χ4n) is 7.75. The molecule has 2 amide bonds. The number of hydrogen-bond acceptors (Lipinski definition) is 5. The number of nitrogens with two attached hydrogens (primary N) is 1. The number of ether oxygens (including phenoxy) is 1. The van der Waals surface area contributed by atoms with Crippen molar-refractivity contribution in [2.24, 2.45) is 22.0 Å². The lowest BCUT2D eigenvalue weighted by molar-refractivity contribution is -0.175. The molecule has 0 spiro atoms. The molecule has 2 unspecified atom stereocenters. The Balaban J connectivity index is 1.23. The molecule has 5 N–H and O–H groups in total. The van der Waals surface area contributed by atoms with Crippen molar-refractivity contribution in [3.05, 3.63) is 29.8 Å². The zero-order chi connectivity index (χ0) is 23.9. The Morgan fingerprint density at radius 1 is 1.06 bits per heavy atom. The van der Waals surface area contributed by atoms with Gasteiger partial charge in [0.05, 0.1) is 12.5 Å². The van der Waals surface area contributed by atoms with Crippen molar-refractivity contribution < 1.29 is 19.4 Å². The van der Waals surface area contributed by atoms with Gasteiger partial charge in [-0.25, -0.2) is 0 Å². The average molecular weight is 456 g/mol. The van der Waals surface area contributed by atoms with Gasteiger partial charge in [0.1, 0.15) is 0 Å². The maximum absolute atomic E-state index is 13.3. The molecule has 0 aromatic heterocycles. The molecule has 4 bridgehead atoms. The van der Waals surface area contributed by atoms with Crippen molar-refractivity contribution in [3.63, 3.8) is 0 Å². The van der Waals surface area contributed by atoms with E-state index in [0.717, 1.165) is 37.7 Å². The first-order chi connectivity index (χ1) is 15.5. The van der Waals surface area contributed by atoms with E-state index in [0.29, 0.717) is 25.3 Å². The molecule has 1 aromatic carbocycles. The van der Waals surface area contributed by atoms with Gasteiger partial charge in [-0.3, -0.25) is 9.59 Å². The maximum Gasteiger partial charge on any atom is 0.244 e. The molecular formula is C26H37N3O4. The number of nitrogens with one attached hydrogen (secondary N) is 2. The molecule has 0 saturated heterocycles. The van der Waals surface area contributed by atoms with Crippen molar-refractivity contribution in [1.82, 2.24) is 10.6 Å². The molecule has 0 aliphatic heterocycles. The lowest BCUT2D eigenvalue weighted by Crippen LogP contribution is -2.68. The molecule has 4 fully saturated rings. The smallest absolute Gasteiger partial charge is 0.244 e. The largest absolute Gasteiger partial charge is 0.504 e. The van der Waals surface area contributed by atoms with Crippen LogP contribution in [-0.2, 0) is 9.59 Å². The molecule has 0 radical (unpaired) electrons. The summed E-state index contributed by atoms with van der Waals surface area (Å²) < 4.78 is 5.07. The summed E-state index contributed by atoms with van der Waals surface area (Å²) in [6.45, 7) is 5.63. The zero-order valence-corrected chi connectivity index (χ0v) is 20.0. The first kappa shape index (κ1) is 23.6. The molecule has 4 saturated carbocycles. The normalized spacial score (nSPS) is 34.4. The third kappa shape index (κ3) is 4.88. The van der Waals surface area contributed by atoms with Crippen LogP contribution in [0.25, 0.3) is 6.08 Å². The summed E-state index contributed by atoms with van der Waals surface area (Å²) in [5.41, 5.74) is 7.29. The van der Waals surface area contributed by atoms with Gasteiger partial charge in [0.2, 0.25) is 11.8 Å². The van der Waals surface area contributed by atoms with Crippen LogP contribution in [0.3, 0.4) is 0 Å². The first-order valence-electron chi connectivity index (χ1n) is 11.9. The van der Waals surface area contributed by atoms with Crippen molar-refractivity contribution >= 4 is 17.9 Å². The molecule has 1 aromatic rings. The lowest BCUT2D eigenvalue weighted by atomic mass is 9.38. The summed E-state index contributed by atoms with van der Waals surface area (Å²) in [6, 6.07) is 4.88. The Labute approximate surface area is 196 Å². The van der Waals surface area contributed by atoms with E-state index in [2.05, 4.69) is 24.5 Å². The van der Waals surface area contributed by atoms with Gasteiger partial charge in [-0.05, 0) is 79.5 Å². The highest BCUT2D eigenvalue weighted by molar-refractivity contribution is 5.91. The summed E-state index contributed by atoms with van der Waals surface area (Å²) in [7, 11) is 1.48. The number of amides is 2. The molecular weight excluding hydrogens is 418 g/mol. The Morgan fingerprint density at radius 3 is 2.36 bits per heavy atom. The zero-order valence-electron chi connectivity index (χ0n) is 20.0. The second kappa shape index (κ2) is 8.35. The SMILES string of the molecule is COc1cc(/C=C/C(=O)NCCCNC(=O)C23CC4(C)CC(C)(CC(N)(C4)C2)C3)ccc1O. The van der Waals surface area contributed by atoms with Crippen molar-refractivity contribution in [3.8, 4) is 11.5 Å². The number of benzene rings is 1. The van der Waals surface area contributed by atoms with Crippen molar-refractivity contribution in [1.29, 1.82) is 0 Å². The molecule has 7 heteroatoms. The maximum atomic E-state index is 13.3. The monoisotopic (exact) mass is 455 g/mol. The average Bonchev–Trinajstić information content (AvgIpc) is 2.69. The Hall–Kier alpha value is -2.54. The molecule has 5 rings (SSSR count). The molecule has 180 valence electrons. The number of carbonyl (C=O) groups is 2. The number of methoxy groups -OCH3 is 1. The number of aromatic hydroxyl groups is 1. The van der Waals surface area contributed by atoms with Crippen LogP contribution in [0.5, 0.6) is 11.5 Å². The number of rotatable bonds is 8. The third-order valence-corrected chi connectivity index (χ3v) is 7.68. The Morgan fingerprint density at radius 2 is 1.73 bits per heavy atom. The summed E-state index contributed by atoms with van der Waals surface area (Å²) >= 11 is 0. The van der Waals surface area contributed by atoms with Crippen molar-refractivity contribution in [2.45, 2.75) is 64.3 Å². The van der Waals surface area contributed by atoms with E-state index in [9.17, 15) is 14.7 Å². The molecule has 4 aliphatic rings. The van der Waals surface area contributed by atoms with E-state index in [-0.39, 0.29) is 39.3 Å². The molecule has 7 nitrogen and oxygen atoms in total. The minimum Gasteiger partial charge on any atom is -0.504 e. The van der Waals surface area contributed by atoms with Crippen molar-refractivity contribution in [2.75, 3.05) is 20.2 Å². The minimum absolute atomic E-state index is 0.0551. The highest BCUT2D eigenvalue weighted by Crippen LogP contribution is 2.70. The predicted molar refractivity (Wildman–Crippen MR) is 128 cm³/mol. The second-order valence-electron chi connectivity index (χ2n) is 11.5. The first-order valence-corrected chi connectivity index (χ1v) is 11.9. The quantitative estimate of drug-likeness (QED) is 0.355. The van der Waals surface area contributed by atoms with E-state index in [4.69, 9.17) is 10.5 Å². The van der Waals surface area contributed by atoms with E-state index < -0.39 is 0 Å². The third-order valence-electron chi connectivity index (χ3n) is 7.68. The molecule has 33 heavy (non-hydrogen) atoms. The Bertz CT molecular complexity index is 919. The van der Waals surface area contributed by atoms with Gasteiger partial charge in [-0.15, -0.1) is 0 Å². The van der Waals surface area contributed by atoms with Crippen LogP contribution in [0.2, 0.25) is 0 Å². The summed E-state index contributed by atoms with van der Waals surface area (Å²) in [5.74, 6) is 0.345. The van der Waals surface area contributed by atoms with Crippen LogP contribution in [0, 0.1) is 16.2 Å². The van der Waals surface area contributed by atoms with Gasteiger partial charge >= 0.3 is 0 Å². The number of hydrogen-bond donors (Lipinski definition) is 4. The molecule has 4 aliphatic carbocycles. The van der Waals surface area contributed by atoms with Gasteiger partial charge < -0.3 is 26.2 Å². The predicted octanol–water partition coefficient (Wildman–Crippen LogP) is 3.11. The standard InChI is InChI=1S/C26H37N3O4/c1-23-12-24(2)14-25(13-23,17-26(27,15-23)16-24)22(32)29-10-4-9-28-21(31)8-6-18-5-7-19(30)20(11-18)33-3/h5-8,11,30H,4,9-10,12-17,27H2,1-3H3,(H,28,31)(H,29,32)/b8-6+. The highest BCUT2D eigenvalue weighted by Gasteiger charge is 2.66. The lowest BCUT2D eigenvalue weighted by Gasteiger charge is -2.68. The topological polar surface area (TPSA) is 114 Å². The van der Waals surface area contributed by atoms with Crippen LogP contribution in [0.15, 0.2) is 24.3 Å². The summed E-state index contributed by atoms with van der Waals surface area (Å²) in [6.07, 6.45) is 9.66. The van der Waals surface area contributed by atoms with E-state index in [1.54, 1.807) is 18.2 Å². The van der Waals surface area contributed by atoms with E-state index in [1.165, 1.54) is 25.7 Å². The van der Waals surface area contributed by atoms with Crippen LogP contribution in [-0.4, -0.2) is 42.7 Å². The fourth-order valence-corrected chi connectivity index (χ4v) is 7.75. The number of phenolic OH excluding ortho intramolecular Hbond substituents is 1. The second-order valence-corrected chi connectivity index (χ2v) is 11.5. The number of phenols is 1. The summed E-state index contributed by atoms with van der Waals surface area (Å²) in [5, 5.41) is 15.6. The van der Waals surface area contributed by atoms with Gasteiger partial charge in [-0.1, -0.05) is 19.9 Å². The molecule has 0 heterocycles. The van der Waals surface area contributed by atoms with Gasteiger partial charge in [-0.2, -0.15) is 0 Å². The summed E-state index contributed by atoms with van der Waals surface area (Å²) in [4.78, 5) is 25.4. The van der Waals surface area contributed by atoms with Crippen LogP contribution in [0.1, 0.15) is 64.4 Å². The van der Waals surface area contributed by atoms with Crippen LogP contribution >= 0.6 is 0 Å². The highest BCUT2D eigenvalue weighted by atomic mass is 16.5. The fraction of sp³-hybridized carbons (Fsp3) is 0.615. The van der Waals surface area contributed by atoms with E-state index in [1.807, 2.05) is 0 Å². The van der Waals surface area contributed by atoms with E-state index >= 15 is 0 Å². The van der Waals surface area contributed by atoms with Gasteiger partial charge in [0, 0.05) is 24.7 Å². The van der Waals surface area contributed by atoms with Gasteiger partial charge in [0.25, 0.3) is 0 Å². The van der Waals surface area contributed by atoms with Crippen LogP contribution in [0.4, 0.5) is 0 Å². The minimum atomic E-state index is -0.343.